The fourth-order valence-electron chi connectivity index (χ4n) is 4.50. The average Bonchev–Trinajstić information content (AvgIpc) is 3.31. The first-order valence-electron chi connectivity index (χ1n) is 13.0. The van der Waals surface area contributed by atoms with Crippen LogP contribution in [0.2, 0.25) is 10.0 Å². The third kappa shape index (κ3) is 6.75. The molecular weight excluding hydrogens is 567 g/mol. The largest absolute Gasteiger partial charge is 0.444 e. The summed E-state index contributed by atoms with van der Waals surface area (Å²) in [6, 6.07) is 18.7. The molecule has 2 amide bonds. The van der Waals surface area contributed by atoms with Gasteiger partial charge in [0.1, 0.15) is 10.6 Å². The van der Waals surface area contributed by atoms with E-state index in [2.05, 4.69) is 22.3 Å². The lowest BCUT2D eigenvalue weighted by molar-refractivity contribution is 0.0139. The van der Waals surface area contributed by atoms with Gasteiger partial charge in [-0.2, -0.15) is 0 Å². The van der Waals surface area contributed by atoms with Crippen LogP contribution in [-0.4, -0.2) is 58.6 Å². The average molecular weight is 598 g/mol. The van der Waals surface area contributed by atoms with Gasteiger partial charge in [-0.1, -0.05) is 41.4 Å². The van der Waals surface area contributed by atoms with Crippen molar-refractivity contribution in [3.8, 4) is 10.6 Å². The van der Waals surface area contributed by atoms with E-state index in [1.807, 2.05) is 51.1 Å². The van der Waals surface area contributed by atoms with Crippen molar-refractivity contribution in [1.82, 2.24) is 14.8 Å². The lowest BCUT2D eigenvalue weighted by atomic mass is 10.1. The number of rotatable bonds is 5. The molecule has 1 aromatic heterocycles. The number of nitrogens with zero attached hydrogens (tertiary/aromatic N) is 3. The van der Waals surface area contributed by atoms with Crippen molar-refractivity contribution in [2.45, 2.75) is 32.9 Å². The van der Waals surface area contributed by atoms with Gasteiger partial charge in [0.05, 0.1) is 26.5 Å². The second-order valence-electron chi connectivity index (χ2n) is 10.7. The molecule has 7 nitrogen and oxygen atoms in total. The predicted octanol–water partition coefficient (Wildman–Crippen LogP) is 7.58. The van der Waals surface area contributed by atoms with Crippen molar-refractivity contribution in [3.05, 3.63) is 81.8 Å². The Morgan fingerprint density at radius 3 is 2.48 bits per heavy atom. The second kappa shape index (κ2) is 11.7. The van der Waals surface area contributed by atoms with Gasteiger partial charge in [0.2, 0.25) is 0 Å². The van der Waals surface area contributed by atoms with Crippen LogP contribution >= 0.6 is 34.5 Å². The van der Waals surface area contributed by atoms with Crippen LogP contribution in [0, 0.1) is 0 Å². The van der Waals surface area contributed by atoms with Crippen LogP contribution in [-0.2, 0) is 11.3 Å². The number of piperazine rings is 1. The SMILES string of the molecule is CC(C)(C)OC(=O)N1CCN(Cc2ccc3nc(-c4ccccc4NC(=O)c4ccc(Cl)cc4Cl)sc3c2)CC1. The highest BCUT2D eigenvalue weighted by atomic mass is 35.5. The van der Waals surface area contributed by atoms with Crippen molar-refractivity contribution in [3.63, 3.8) is 0 Å². The number of aromatic nitrogens is 1. The fourth-order valence-corrected chi connectivity index (χ4v) is 6.06. The number of hydrogen-bond donors (Lipinski definition) is 1. The molecule has 0 bridgehead atoms. The van der Waals surface area contributed by atoms with E-state index in [1.54, 1.807) is 34.4 Å². The molecule has 1 aliphatic rings. The Balaban J connectivity index is 1.28. The van der Waals surface area contributed by atoms with Crippen molar-refractivity contribution in [1.29, 1.82) is 0 Å². The maximum absolute atomic E-state index is 13.0. The van der Waals surface area contributed by atoms with Crippen molar-refractivity contribution >= 4 is 62.4 Å². The molecule has 10 heteroatoms. The first kappa shape index (κ1) is 28.4. The highest BCUT2D eigenvalue weighted by molar-refractivity contribution is 7.21. The summed E-state index contributed by atoms with van der Waals surface area (Å²) >= 11 is 13.8. The van der Waals surface area contributed by atoms with Crippen LogP contribution < -0.4 is 5.32 Å². The van der Waals surface area contributed by atoms with Gasteiger partial charge in [0.25, 0.3) is 5.91 Å². The molecule has 3 aromatic carbocycles. The molecule has 1 fully saturated rings. The number of carbonyl (C=O) groups is 2. The number of fused-ring (bicyclic) bond motifs is 1. The normalized spacial score (nSPS) is 14.4. The van der Waals surface area contributed by atoms with E-state index in [9.17, 15) is 9.59 Å². The summed E-state index contributed by atoms with van der Waals surface area (Å²) in [6.07, 6.45) is -0.251. The number of amides is 2. The van der Waals surface area contributed by atoms with Crippen LogP contribution in [0.4, 0.5) is 10.5 Å². The summed E-state index contributed by atoms with van der Waals surface area (Å²) in [5.41, 5.74) is 3.44. The first-order valence-corrected chi connectivity index (χ1v) is 14.6. The summed E-state index contributed by atoms with van der Waals surface area (Å²) in [5, 5.41) is 4.56. The molecule has 1 aliphatic heterocycles. The van der Waals surface area contributed by atoms with E-state index >= 15 is 0 Å². The van der Waals surface area contributed by atoms with Gasteiger partial charge in [-0.25, -0.2) is 9.78 Å². The number of anilines is 1. The second-order valence-corrected chi connectivity index (χ2v) is 12.6. The van der Waals surface area contributed by atoms with E-state index in [4.69, 9.17) is 32.9 Å². The number of carbonyl (C=O) groups excluding carboxylic acids is 2. The first-order chi connectivity index (χ1) is 19.1. The van der Waals surface area contributed by atoms with E-state index in [-0.39, 0.29) is 12.0 Å². The molecule has 0 atom stereocenters. The highest BCUT2D eigenvalue weighted by Gasteiger charge is 2.26. The molecule has 5 rings (SSSR count). The molecule has 0 aliphatic carbocycles. The topological polar surface area (TPSA) is 74.8 Å². The van der Waals surface area contributed by atoms with Gasteiger partial charge in [-0.3, -0.25) is 9.69 Å². The summed E-state index contributed by atoms with van der Waals surface area (Å²) in [4.78, 5) is 34.3. The van der Waals surface area contributed by atoms with E-state index in [0.717, 1.165) is 40.4 Å². The third-order valence-electron chi connectivity index (χ3n) is 6.46. The Bertz CT molecular complexity index is 1560. The number of hydrogen-bond acceptors (Lipinski definition) is 6. The highest BCUT2D eigenvalue weighted by Crippen LogP contribution is 2.35. The third-order valence-corrected chi connectivity index (χ3v) is 8.06. The van der Waals surface area contributed by atoms with E-state index < -0.39 is 5.60 Å². The molecule has 4 aromatic rings. The molecule has 2 heterocycles. The zero-order valence-electron chi connectivity index (χ0n) is 22.5. The Morgan fingerprint density at radius 1 is 1.00 bits per heavy atom. The van der Waals surface area contributed by atoms with Gasteiger partial charge >= 0.3 is 6.09 Å². The van der Waals surface area contributed by atoms with Crippen LogP contribution in [0.25, 0.3) is 20.8 Å². The molecular formula is C30H30Cl2N4O3S. The quantitative estimate of drug-likeness (QED) is 0.257. The van der Waals surface area contributed by atoms with Gasteiger partial charge in [0, 0.05) is 43.3 Å². The standard InChI is InChI=1S/C30H30Cl2N4O3S/c1-30(2,3)39-29(38)36-14-12-35(13-15-36)18-19-8-11-25-26(16-19)40-28(34-25)22-6-4-5-7-24(22)33-27(37)21-10-9-20(31)17-23(21)32/h4-11,16-17H,12-15,18H2,1-3H3,(H,33,37). The maximum atomic E-state index is 13.0. The Hall–Kier alpha value is -3.17. The van der Waals surface area contributed by atoms with Gasteiger partial charge in [-0.15, -0.1) is 11.3 Å². The molecule has 1 N–H and O–H groups in total. The van der Waals surface area contributed by atoms with Gasteiger partial charge in [-0.05, 0) is 68.8 Å². The van der Waals surface area contributed by atoms with Crippen LogP contribution in [0.3, 0.4) is 0 Å². The van der Waals surface area contributed by atoms with Crippen molar-refractivity contribution in [2.24, 2.45) is 0 Å². The lowest BCUT2D eigenvalue weighted by Crippen LogP contribution is -2.49. The number of nitrogens with one attached hydrogen (secondary N) is 1. The number of thiazole rings is 1. The fraction of sp³-hybridized carbons (Fsp3) is 0.300. The zero-order valence-corrected chi connectivity index (χ0v) is 24.9. The van der Waals surface area contributed by atoms with E-state index in [0.29, 0.717) is 34.4 Å². The summed E-state index contributed by atoms with van der Waals surface area (Å²) in [6.45, 7) is 9.31. The number of para-hydroxylation sites is 1. The number of halogens is 2. The minimum absolute atomic E-state index is 0.251. The lowest BCUT2D eigenvalue weighted by Gasteiger charge is -2.35. The van der Waals surface area contributed by atoms with Crippen LogP contribution in [0.15, 0.2) is 60.7 Å². The number of ether oxygens (including phenoxy) is 1. The molecule has 0 radical (unpaired) electrons. The smallest absolute Gasteiger partial charge is 0.410 e. The Labute approximate surface area is 247 Å². The summed E-state index contributed by atoms with van der Waals surface area (Å²) < 4.78 is 6.58. The van der Waals surface area contributed by atoms with E-state index in [1.165, 1.54) is 5.56 Å². The maximum Gasteiger partial charge on any atom is 0.410 e. The van der Waals surface area contributed by atoms with Gasteiger partial charge in [0.15, 0.2) is 0 Å². The Kier molecular flexibility index (Phi) is 8.33. The predicted molar refractivity (Wildman–Crippen MR) is 163 cm³/mol. The minimum atomic E-state index is -0.492. The van der Waals surface area contributed by atoms with Crippen LogP contribution in [0.5, 0.6) is 0 Å². The molecule has 208 valence electrons. The van der Waals surface area contributed by atoms with Crippen molar-refractivity contribution in [2.75, 3.05) is 31.5 Å². The molecule has 0 saturated carbocycles. The number of benzene rings is 3. The molecule has 1 saturated heterocycles. The van der Waals surface area contributed by atoms with Crippen molar-refractivity contribution < 1.29 is 14.3 Å². The molecule has 0 spiro atoms. The monoisotopic (exact) mass is 596 g/mol. The van der Waals surface area contributed by atoms with Crippen LogP contribution in [0.1, 0.15) is 36.7 Å². The summed E-state index contributed by atoms with van der Waals surface area (Å²) in [7, 11) is 0. The summed E-state index contributed by atoms with van der Waals surface area (Å²) in [5.74, 6) is -0.315. The minimum Gasteiger partial charge on any atom is -0.444 e. The molecule has 0 unspecified atom stereocenters. The van der Waals surface area contributed by atoms with Gasteiger partial charge < -0.3 is 15.0 Å². The zero-order chi connectivity index (χ0) is 28.4. The Morgan fingerprint density at radius 2 is 1.75 bits per heavy atom. The molecule has 40 heavy (non-hydrogen) atoms.